The Bertz CT molecular complexity index is 866. The fourth-order valence-electron chi connectivity index (χ4n) is 7.29. The van der Waals surface area contributed by atoms with Crippen molar-refractivity contribution in [2.24, 2.45) is 0 Å². The summed E-state index contributed by atoms with van der Waals surface area (Å²) in [5.74, 6) is -0.211. The van der Waals surface area contributed by atoms with Gasteiger partial charge < -0.3 is 39.7 Å². The minimum Gasteiger partial charge on any atom is -0.455 e. The summed E-state index contributed by atoms with van der Waals surface area (Å²) in [7, 11) is 0. The third kappa shape index (κ3) is 14.2. The number of rotatable bonds is 25. The Balaban J connectivity index is 1.19. The van der Waals surface area contributed by atoms with Crippen LogP contribution in [-0.2, 0) is 19.0 Å². The van der Waals surface area contributed by atoms with Crippen molar-refractivity contribution in [1.29, 1.82) is 0 Å². The lowest BCUT2D eigenvalue weighted by atomic mass is 9.98. The van der Waals surface area contributed by atoms with Crippen LogP contribution in [0, 0.1) is 0 Å². The van der Waals surface area contributed by atoms with E-state index in [1.165, 1.54) is 12.8 Å². The van der Waals surface area contributed by atoms with Crippen molar-refractivity contribution >= 4 is 5.97 Å². The van der Waals surface area contributed by atoms with Crippen LogP contribution in [0.1, 0.15) is 155 Å². The lowest BCUT2D eigenvalue weighted by Crippen LogP contribution is -2.34. The molecule has 3 heterocycles. The van der Waals surface area contributed by atoms with E-state index in [1.54, 1.807) is 0 Å². The first kappa shape index (κ1) is 39.4. The van der Waals surface area contributed by atoms with Crippen molar-refractivity contribution in [1.82, 2.24) is 0 Å². The van der Waals surface area contributed by atoms with Gasteiger partial charge in [-0.3, -0.25) is 0 Å². The maximum atomic E-state index is 11.7. The van der Waals surface area contributed by atoms with Crippen LogP contribution in [-0.4, -0.2) is 92.5 Å². The molecule has 9 heteroatoms. The molecule has 46 heavy (non-hydrogen) atoms. The first-order chi connectivity index (χ1) is 22.2. The number of cyclic esters (lactones) is 1. The summed E-state index contributed by atoms with van der Waals surface area (Å²) >= 11 is 0. The molecule has 0 radical (unpaired) electrons. The van der Waals surface area contributed by atoms with E-state index in [0.717, 1.165) is 82.6 Å². The molecular formula is C37H66O9. The van der Waals surface area contributed by atoms with Crippen LogP contribution in [0.3, 0.4) is 0 Å². The Hall–Kier alpha value is -1.07. The van der Waals surface area contributed by atoms with Gasteiger partial charge in [-0.05, 0) is 90.0 Å². The number of carbonyl (C=O) groups is 1. The minimum absolute atomic E-state index is 0.133. The normalized spacial score (nSPS) is 28.2. The fourth-order valence-corrected chi connectivity index (χ4v) is 7.29. The average Bonchev–Trinajstić information content (AvgIpc) is 3.79. The van der Waals surface area contributed by atoms with Gasteiger partial charge in [-0.25, -0.2) is 4.79 Å². The number of esters is 1. The van der Waals surface area contributed by atoms with Gasteiger partial charge in [0.2, 0.25) is 0 Å². The molecule has 2 fully saturated rings. The van der Waals surface area contributed by atoms with Crippen LogP contribution in [0.4, 0.5) is 0 Å². The van der Waals surface area contributed by atoms with Gasteiger partial charge in [0.15, 0.2) is 0 Å². The van der Waals surface area contributed by atoms with E-state index in [-0.39, 0.29) is 42.6 Å². The Morgan fingerprint density at radius 1 is 0.609 bits per heavy atom. The summed E-state index contributed by atoms with van der Waals surface area (Å²) in [6, 6.07) is 0. The molecule has 0 aliphatic carbocycles. The molecule has 0 saturated carbocycles. The largest absolute Gasteiger partial charge is 0.455 e. The highest BCUT2D eigenvalue weighted by Gasteiger charge is 2.37. The van der Waals surface area contributed by atoms with E-state index in [2.05, 4.69) is 6.92 Å². The lowest BCUT2D eigenvalue weighted by Gasteiger charge is -2.25. The number of hydrogen-bond donors (Lipinski definition) is 5. The van der Waals surface area contributed by atoms with Gasteiger partial charge in [-0.2, -0.15) is 0 Å². The number of aliphatic hydroxyl groups is 5. The Labute approximate surface area is 278 Å². The van der Waals surface area contributed by atoms with Gasteiger partial charge in [-0.1, -0.05) is 71.1 Å². The second-order valence-electron chi connectivity index (χ2n) is 14.3. The lowest BCUT2D eigenvalue weighted by molar-refractivity contribution is -0.139. The predicted molar refractivity (Wildman–Crippen MR) is 178 cm³/mol. The zero-order chi connectivity index (χ0) is 33.3. The molecule has 3 rings (SSSR count). The third-order valence-corrected chi connectivity index (χ3v) is 10.3. The quantitative estimate of drug-likeness (QED) is 0.0609. The summed E-state index contributed by atoms with van der Waals surface area (Å²) in [5.41, 5.74) is 0.754. The predicted octanol–water partition coefficient (Wildman–Crippen LogP) is 5.80. The molecule has 3 aliphatic heterocycles. The van der Waals surface area contributed by atoms with Crippen molar-refractivity contribution < 1.29 is 44.5 Å². The van der Waals surface area contributed by atoms with Crippen LogP contribution in [0.25, 0.3) is 0 Å². The monoisotopic (exact) mass is 654 g/mol. The van der Waals surface area contributed by atoms with Crippen molar-refractivity contribution in [2.45, 2.75) is 216 Å². The molecule has 1 unspecified atom stereocenters. The number of hydrogen-bond acceptors (Lipinski definition) is 9. The molecule has 0 aromatic rings. The summed E-state index contributed by atoms with van der Waals surface area (Å²) in [6.07, 6.45) is 16.8. The molecule has 9 nitrogen and oxygen atoms in total. The van der Waals surface area contributed by atoms with Gasteiger partial charge in [0, 0.05) is 5.57 Å². The zero-order valence-corrected chi connectivity index (χ0v) is 28.8. The van der Waals surface area contributed by atoms with Crippen LogP contribution >= 0.6 is 0 Å². The first-order valence-corrected chi connectivity index (χ1v) is 18.8. The topological polar surface area (TPSA) is 146 Å². The van der Waals surface area contributed by atoms with E-state index in [1.807, 2.05) is 13.0 Å². The van der Waals surface area contributed by atoms with Crippen LogP contribution in [0.2, 0.25) is 0 Å². The van der Waals surface area contributed by atoms with Gasteiger partial charge >= 0.3 is 5.97 Å². The van der Waals surface area contributed by atoms with Crippen LogP contribution in [0.5, 0.6) is 0 Å². The number of aliphatic hydroxyl groups excluding tert-OH is 5. The Morgan fingerprint density at radius 3 is 1.48 bits per heavy atom. The maximum Gasteiger partial charge on any atom is 0.334 e. The van der Waals surface area contributed by atoms with Gasteiger partial charge in [0.05, 0.1) is 54.9 Å². The highest BCUT2D eigenvalue weighted by atomic mass is 16.5. The van der Waals surface area contributed by atoms with Crippen molar-refractivity contribution in [3.8, 4) is 0 Å². The first-order valence-electron chi connectivity index (χ1n) is 18.8. The number of unbranched alkanes of at least 4 members (excludes halogenated alkanes) is 8. The van der Waals surface area contributed by atoms with E-state index < -0.39 is 24.4 Å². The summed E-state index contributed by atoms with van der Waals surface area (Å²) in [6.45, 7) is 4.04. The average molecular weight is 655 g/mol. The Kier molecular flexibility index (Phi) is 18.7. The van der Waals surface area contributed by atoms with Gasteiger partial charge in [0.25, 0.3) is 0 Å². The molecule has 268 valence electrons. The molecule has 2 saturated heterocycles. The molecule has 0 spiro atoms. The number of ether oxygens (including phenoxy) is 3. The molecule has 0 aromatic carbocycles. The molecule has 0 bridgehead atoms. The molecule has 0 amide bonds. The summed E-state index contributed by atoms with van der Waals surface area (Å²) in [4.78, 5) is 11.7. The second kappa shape index (κ2) is 21.8. The smallest absolute Gasteiger partial charge is 0.334 e. The fraction of sp³-hybridized carbons (Fsp3) is 0.919. The van der Waals surface area contributed by atoms with E-state index in [0.29, 0.717) is 51.4 Å². The molecule has 10 atom stereocenters. The van der Waals surface area contributed by atoms with Gasteiger partial charge in [-0.15, -0.1) is 0 Å². The Morgan fingerprint density at radius 2 is 1.02 bits per heavy atom. The SMILES string of the molecule is CCCCCC(O)CCCCCCC[C@@H](O)[C@@H]1CC[C@@H]([C@@H](O)CC[C@H](O)[C@@H]2CC[C@@H]([C@H](O)CCCCCC3=C[C@H](C)OC3=O)O2)O1. The van der Waals surface area contributed by atoms with Crippen molar-refractivity contribution in [3.63, 3.8) is 0 Å². The third-order valence-electron chi connectivity index (χ3n) is 10.3. The van der Waals surface area contributed by atoms with Crippen molar-refractivity contribution in [2.75, 3.05) is 0 Å². The zero-order valence-electron chi connectivity index (χ0n) is 28.8. The molecule has 0 aromatic heterocycles. The minimum atomic E-state index is -0.708. The number of carbonyl (C=O) groups excluding carboxylic acids is 1. The standard InChI is InChI=1S/C37H66O9/c1-3-4-9-15-28(38)16-11-6-5-7-12-17-29(39)33-21-23-35(45-33)31(41)19-20-32(42)36-24-22-34(46-36)30(40)18-13-8-10-14-27-25-26(2)44-37(27)43/h25-26,28-36,38-42H,3-24H2,1-2H3/t26-,28?,29+,30+,31-,32-,33-,34-,35-,36-/m0/s1. The van der Waals surface area contributed by atoms with Crippen LogP contribution < -0.4 is 0 Å². The van der Waals surface area contributed by atoms with E-state index in [4.69, 9.17) is 14.2 Å². The maximum absolute atomic E-state index is 11.7. The molecular weight excluding hydrogens is 588 g/mol. The summed E-state index contributed by atoms with van der Waals surface area (Å²) in [5, 5.41) is 52.9. The highest BCUT2D eigenvalue weighted by molar-refractivity contribution is 5.90. The van der Waals surface area contributed by atoms with E-state index in [9.17, 15) is 30.3 Å². The van der Waals surface area contributed by atoms with E-state index >= 15 is 0 Å². The molecule has 5 N–H and O–H groups in total. The van der Waals surface area contributed by atoms with Gasteiger partial charge in [0.1, 0.15) is 6.10 Å². The van der Waals surface area contributed by atoms with Crippen LogP contribution in [0.15, 0.2) is 11.6 Å². The highest BCUT2D eigenvalue weighted by Crippen LogP contribution is 2.31. The molecule has 3 aliphatic rings. The van der Waals surface area contributed by atoms with Crippen molar-refractivity contribution in [3.05, 3.63) is 11.6 Å². The second-order valence-corrected chi connectivity index (χ2v) is 14.3. The summed E-state index contributed by atoms with van der Waals surface area (Å²) < 4.78 is 17.2.